The van der Waals surface area contributed by atoms with Crippen molar-refractivity contribution in [3.63, 3.8) is 0 Å². The lowest BCUT2D eigenvalue weighted by molar-refractivity contribution is 0.401. The Morgan fingerprint density at radius 3 is 2.79 bits per heavy atom. The molecule has 0 amide bonds. The highest BCUT2D eigenvalue weighted by Gasteiger charge is 2.15. The van der Waals surface area contributed by atoms with Gasteiger partial charge < -0.3 is 10.2 Å². The summed E-state index contributed by atoms with van der Waals surface area (Å²) >= 11 is 0. The molecule has 0 radical (unpaired) electrons. The molecule has 0 aliphatic heterocycles. The molecule has 100 valence electrons. The van der Waals surface area contributed by atoms with Crippen LogP contribution in [0.5, 0.6) is 11.6 Å². The van der Waals surface area contributed by atoms with E-state index in [9.17, 15) is 8.78 Å². The molecule has 7 heteroatoms. The number of nitrogens with two attached hydrogens (primary N) is 1. The molecule has 3 N–H and O–H groups in total. The van der Waals surface area contributed by atoms with Gasteiger partial charge in [0, 0.05) is 0 Å². The largest absolute Gasteiger partial charge is 0.435 e. The highest BCUT2D eigenvalue weighted by atomic mass is 19.2. The lowest BCUT2D eigenvalue weighted by Crippen LogP contribution is -2.12. The summed E-state index contributed by atoms with van der Waals surface area (Å²) in [4.78, 5) is 7.82. The third-order valence-corrected chi connectivity index (χ3v) is 2.52. The topological polar surface area (TPSA) is 73.1 Å². The Kier molecular flexibility index (Phi) is 3.86. The minimum atomic E-state index is -1.06. The van der Waals surface area contributed by atoms with Crippen LogP contribution in [0.2, 0.25) is 0 Å². The molecule has 0 atom stereocenters. The number of halogens is 2. The van der Waals surface area contributed by atoms with E-state index in [0.717, 1.165) is 6.07 Å². The van der Waals surface area contributed by atoms with Crippen LogP contribution in [-0.2, 0) is 6.42 Å². The molecule has 1 aromatic carbocycles. The Hall–Kier alpha value is -2.28. The van der Waals surface area contributed by atoms with Crippen molar-refractivity contribution >= 4 is 5.82 Å². The number of aromatic nitrogens is 2. The Morgan fingerprint density at radius 2 is 2.11 bits per heavy atom. The van der Waals surface area contributed by atoms with E-state index in [1.54, 1.807) is 0 Å². The van der Waals surface area contributed by atoms with Crippen LogP contribution in [0, 0.1) is 11.6 Å². The van der Waals surface area contributed by atoms with E-state index < -0.39 is 11.6 Å². The number of nitrogens with zero attached hydrogens (tertiary/aromatic N) is 2. The van der Waals surface area contributed by atoms with E-state index in [2.05, 4.69) is 15.4 Å². The first-order valence-corrected chi connectivity index (χ1v) is 5.59. The zero-order valence-corrected chi connectivity index (χ0v) is 10.2. The van der Waals surface area contributed by atoms with Crippen LogP contribution in [0.25, 0.3) is 0 Å². The van der Waals surface area contributed by atoms with Crippen LogP contribution in [-0.4, -0.2) is 9.97 Å². The lowest BCUT2D eigenvalue weighted by Gasteiger charge is -2.12. The average Bonchev–Trinajstić information content (AvgIpc) is 2.43. The van der Waals surface area contributed by atoms with Crippen molar-refractivity contribution in [3.05, 3.63) is 41.7 Å². The standard InChI is InChI=1S/C12H12F2N4O/c1-2-7-11(18-15)16-6-17-12(7)19-9-5-3-4-8(13)10(9)14/h3-6H,2,15H2,1H3,(H,16,17,18). The van der Waals surface area contributed by atoms with Crippen molar-refractivity contribution in [3.8, 4) is 11.6 Å². The molecular formula is C12H12F2N4O. The molecule has 2 aromatic rings. The first kappa shape index (κ1) is 13.2. The van der Waals surface area contributed by atoms with Crippen molar-refractivity contribution in [2.24, 2.45) is 5.84 Å². The quantitative estimate of drug-likeness (QED) is 0.656. The predicted molar refractivity (Wildman–Crippen MR) is 65.7 cm³/mol. The van der Waals surface area contributed by atoms with E-state index >= 15 is 0 Å². The average molecular weight is 266 g/mol. The minimum Gasteiger partial charge on any atom is -0.435 e. The van der Waals surface area contributed by atoms with Crippen molar-refractivity contribution in [1.29, 1.82) is 0 Å². The Balaban J connectivity index is 2.41. The van der Waals surface area contributed by atoms with E-state index in [1.165, 1.54) is 18.5 Å². The zero-order chi connectivity index (χ0) is 13.8. The van der Waals surface area contributed by atoms with Crippen molar-refractivity contribution in [2.45, 2.75) is 13.3 Å². The highest BCUT2D eigenvalue weighted by molar-refractivity contribution is 5.48. The summed E-state index contributed by atoms with van der Waals surface area (Å²) in [5.74, 6) is 3.54. The van der Waals surface area contributed by atoms with Crippen LogP contribution in [0.1, 0.15) is 12.5 Å². The molecule has 0 unspecified atom stereocenters. The number of hydrogen-bond acceptors (Lipinski definition) is 5. The smallest absolute Gasteiger partial charge is 0.227 e. The maximum atomic E-state index is 13.5. The number of nitrogens with one attached hydrogen (secondary N) is 1. The Bertz CT molecular complexity index is 592. The summed E-state index contributed by atoms with van der Waals surface area (Å²) in [6.45, 7) is 1.84. The predicted octanol–water partition coefficient (Wildman–Crippen LogP) is 2.40. The number of hydrogen-bond donors (Lipinski definition) is 2. The molecule has 0 spiro atoms. The number of hydrazine groups is 1. The summed E-state index contributed by atoms with van der Waals surface area (Å²) in [5, 5.41) is 0. The molecule has 5 nitrogen and oxygen atoms in total. The van der Waals surface area contributed by atoms with Crippen LogP contribution < -0.4 is 16.0 Å². The molecular weight excluding hydrogens is 254 g/mol. The third-order valence-electron chi connectivity index (χ3n) is 2.52. The van der Waals surface area contributed by atoms with Gasteiger partial charge in [-0.1, -0.05) is 13.0 Å². The molecule has 0 saturated heterocycles. The lowest BCUT2D eigenvalue weighted by atomic mass is 10.2. The highest BCUT2D eigenvalue weighted by Crippen LogP contribution is 2.29. The van der Waals surface area contributed by atoms with Gasteiger partial charge in [-0.3, -0.25) is 0 Å². The van der Waals surface area contributed by atoms with Crippen molar-refractivity contribution in [2.75, 3.05) is 5.43 Å². The van der Waals surface area contributed by atoms with E-state index in [4.69, 9.17) is 10.6 Å². The molecule has 2 rings (SSSR count). The van der Waals surface area contributed by atoms with Gasteiger partial charge in [-0.2, -0.15) is 4.39 Å². The van der Waals surface area contributed by atoms with Gasteiger partial charge in [0.1, 0.15) is 12.1 Å². The minimum absolute atomic E-state index is 0.134. The fourth-order valence-electron chi connectivity index (χ4n) is 1.59. The van der Waals surface area contributed by atoms with Crippen LogP contribution >= 0.6 is 0 Å². The second kappa shape index (κ2) is 5.57. The molecule has 0 fully saturated rings. The SMILES string of the molecule is CCc1c(NN)ncnc1Oc1cccc(F)c1F. The maximum absolute atomic E-state index is 13.5. The monoisotopic (exact) mass is 266 g/mol. The van der Waals surface area contributed by atoms with Gasteiger partial charge in [0.05, 0.1) is 5.56 Å². The second-order valence-corrected chi connectivity index (χ2v) is 3.66. The van der Waals surface area contributed by atoms with Gasteiger partial charge >= 0.3 is 0 Å². The molecule has 0 bridgehead atoms. The zero-order valence-electron chi connectivity index (χ0n) is 10.2. The van der Waals surface area contributed by atoms with Crippen molar-refractivity contribution < 1.29 is 13.5 Å². The normalized spacial score (nSPS) is 10.3. The summed E-state index contributed by atoms with van der Waals surface area (Å²) in [7, 11) is 0. The first-order valence-electron chi connectivity index (χ1n) is 5.59. The Morgan fingerprint density at radius 1 is 1.32 bits per heavy atom. The Labute approximate surface area is 108 Å². The van der Waals surface area contributed by atoms with Crippen LogP contribution in [0.4, 0.5) is 14.6 Å². The van der Waals surface area contributed by atoms with Crippen LogP contribution in [0.15, 0.2) is 24.5 Å². The van der Waals surface area contributed by atoms with Gasteiger partial charge in [0.2, 0.25) is 11.7 Å². The second-order valence-electron chi connectivity index (χ2n) is 3.66. The number of rotatable bonds is 4. The fourth-order valence-corrected chi connectivity index (χ4v) is 1.59. The van der Waals surface area contributed by atoms with Gasteiger partial charge in [-0.15, -0.1) is 0 Å². The number of anilines is 1. The van der Waals surface area contributed by atoms with Crippen LogP contribution in [0.3, 0.4) is 0 Å². The van der Waals surface area contributed by atoms with Gasteiger partial charge in [0.15, 0.2) is 11.6 Å². The summed E-state index contributed by atoms with van der Waals surface area (Å²) in [6.07, 6.45) is 1.74. The summed E-state index contributed by atoms with van der Waals surface area (Å²) in [6, 6.07) is 3.67. The molecule has 0 aliphatic carbocycles. The van der Waals surface area contributed by atoms with E-state index in [0.29, 0.717) is 17.8 Å². The fraction of sp³-hybridized carbons (Fsp3) is 0.167. The summed E-state index contributed by atoms with van der Waals surface area (Å²) in [5.41, 5.74) is 2.98. The first-order chi connectivity index (χ1) is 9.17. The maximum Gasteiger partial charge on any atom is 0.227 e. The summed E-state index contributed by atoms with van der Waals surface area (Å²) < 4.78 is 31.9. The molecule has 1 aromatic heterocycles. The number of ether oxygens (including phenoxy) is 1. The van der Waals surface area contributed by atoms with Gasteiger partial charge in [-0.25, -0.2) is 20.2 Å². The van der Waals surface area contributed by atoms with E-state index in [-0.39, 0.29) is 11.6 Å². The molecule has 1 heterocycles. The van der Waals surface area contributed by atoms with Gasteiger partial charge in [-0.05, 0) is 18.6 Å². The van der Waals surface area contributed by atoms with Crippen molar-refractivity contribution in [1.82, 2.24) is 9.97 Å². The van der Waals surface area contributed by atoms with Gasteiger partial charge in [0.25, 0.3) is 0 Å². The number of nitrogen functional groups attached to an aromatic ring is 1. The molecule has 19 heavy (non-hydrogen) atoms. The molecule has 0 saturated carbocycles. The molecule has 0 aliphatic rings. The third kappa shape index (κ3) is 2.60. The number of benzene rings is 1. The van der Waals surface area contributed by atoms with E-state index in [1.807, 2.05) is 6.92 Å².